The van der Waals surface area contributed by atoms with E-state index >= 15 is 0 Å². The van der Waals surface area contributed by atoms with Gasteiger partial charge in [-0.15, -0.1) is 0 Å². The van der Waals surface area contributed by atoms with Gasteiger partial charge >= 0.3 is 0 Å². The van der Waals surface area contributed by atoms with Gasteiger partial charge in [-0.3, -0.25) is 4.68 Å². The van der Waals surface area contributed by atoms with Crippen LogP contribution in [0.5, 0.6) is 5.75 Å². The molecule has 1 aromatic carbocycles. The van der Waals surface area contributed by atoms with Gasteiger partial charge in [0.15, 0.2) is 0 Å². The molecule has 0 spiro atoms. The zero-order valence-electron chi connectivity index (χ0n) is 19.7. The molecule has 0 aliphatic rings. The number of methoxy groups -OCH3 is 1. The Kier molecular flexibility index (Phi) is 6.83. The summed E-state index contributed by atoms with van der Waals surface area (Å²) in [6, 6.07) is 12.3. The minimum atomic E-state index is -0.0208. The van der Waals surface area contributed by atoms with E-state index in [-0.39, 0.29) is 5.41 Å². The van der Waals surface area contributed by atoms with Crippen molar-refractivity contribution in [1.29, 1.82) is 0 Å². The summed E-state index contributed by atoms with van der Waals surface area (Å²) < 4.78 is 7.35. The third kappa shape index (κ3) is 5.54. The number of anilines is 2. The monoisotopic (exact) mass is 422 g/mol. The second-order valence-corrected chi connectivity index (χ2v) is 8.96. The molecule has 0 fully saturated rings. The largest absolute Gasteiger partial charge is 0.496 e. The summed E-state index contributed by atoms with van der Waals surface area (Å²) in [5, 5.41) is 8.16. The molecule has 0 radical (unpaired) electrons. The van der Waals surface area contributed by atoms with Gasteiger partial charge in [0, 0.05) is 39.2 Å². The predicted molar refractivity (Wildman–Crippen MR) is 127 cm³/mol. The van der Waals surface area contributed by atoms with Crippen LogP contribution in [0, 0.1) is 0 Å². The highest BCUT2D eigenvalue weighted by molar-refractivity contribution is 5.62. The predicted octanol–water partition coefficient (Wildman–Crippen LogP) is 4.29. The lowest BCUT2D eigenvalue weighted by atomic mass is 9.92. The first-order valence-corrected chi connectivity index (χ1v) is 10.7. The molecule has 2 aromatic heterocycles. The van der Waals surface area contributed by atoms with Crippen molar-refractivity contribution >= 4 is 11.8 Å². The highest BCUT2D eigenvalue weighted by atomic mass is 16.5. The quantitative estimate of drug-likeness (QED) is 0.546. The summed E-state index contributed by atoms with van der Waals surface area (Å²) in [7, 11) is 7.58. The number of nitrogens with one attached hydrogen (secondary N) is 1. The van der Waals surface area contributed by atoms with E-state index in [2.05, 4.69) is 43.2 Å². The molecular formula is C24H34N6O. The Bertz CT molecular complexity index is 1020. The highest BCUT2D eigenvalue weighted by Crippen LogP contribution is 2.28. The molecule has 0 unspecified atom stereocenters. The molecule has 0 aliphatic carbocycles. The Morgan fingerprint density at radius 2 is 1.84 bits per heavy atom. The normalized spacial score (nSPS) is 11.5. The Balaban J connectivity index is 1.77. The molecule has 166 valence electrons. The van der Waals surface area contributed by atoms with Gasteiger partial charge in [-0.2, -0.15) is 10.1 Å². The van der Waals surface area contributed by atoms with Gasteiger partial charge in [-0.05, 0) is 30.5 Å². The SMILES string of the molecule is COc1ccccc1CCCNc1cc(-c2cc(C(C)(C)C)nn2C)nc(N(C)C)n1. The number of aryl methyl sites for hydroxylation is 2. The Hall–Kier alpha value is -3.09. The van der Waals surface area contributed by atoms with Crippen LogP contribution in [-0.2, 0) is 18.9 Å². The second-order valence-electron chi connectivity index (χ2n) is 8.96. The van der Waals surface area contributed by atoms with Crippen LogP contribution in [0.15, 0.2) is 36.4 Å². The smallest absolute Gasteiger partial charge is 0.227 e. The summed E-state index contributed by atoms with van der Waals surface area (Å²) in [4.78, 5) is 11.3. The molecule has 2 heterocycles. The van der Waals surface area contributed by atoms with E-state index in [4.69, 9.17) is 14.8 Å². The number of hydrogen-bond donors (Lipinski definition) is 1. The zero-order chi connectivity index (χ0) is 22.6. The lowest BCUT2D eigenvalue weighted by Crippen LogP contribution is -2.15. The van der Waals surface area contributed by atoms with Crippen LogP contribution in [-0.4, -0.2) is 47.5 Å². The Morgan fingerprint density at radius 1 is 1.10 bits per heavy atom. The molecule has 0 amide bonds. The molecule has 0 atom stereocenters. The standard InChI is InChI=1S/C24H34N6O/c1-24(2,3)21-16-19(30(6)28-21)18-15-22(27-23(26-18)29(4)5)25-14-10-12-17-11-8-9-13-20(17)31-7/h8-9,11,13,15-16H,10,12,14H2,1-7H3,(H,25,26,27). The van der Waals surface area contributed by atoms with Crippen LogP contribution in [0.4, 0.5) is 11.8 Å². The molecule has 1 N–H and O–H groups in total. The van der Waals surface area contributed by atoms with Gasteiger partial charge in [0.05, 0.1) is 24.2 Å². The second kappa shape index (κ2) is 9.37. The summed E-state index contributed by atoms with van der Waals surface area (Å²) in [6.07, 6.45) is 1.91. The molecule has 3 aromatic rings. The van der Waals surface area contributed by atoms with Crippen molar-refractivity contribution in [3.8, 4) is 17.1 Å². The number of benzene rings is 1. The number of rotatable bonds is 8. The lowest BCUT2D eigenvalue weighted by Gasteiger charge is -2.15. The van der Waals surface area contributed by atoms with Crippen molar-refractivity contribution in [2.45, 2.75) is 39.0 Å². The summed E-state index contributed by atoms with van der Waals surface area (Å²) in [5.41, 5.74) is 4.08. The van der Waals surface area contributed by atoms with Gasteiger partial charge in [0.2, 0.25) is 5.95 Å². The molecule has 0 aliphatic heterocycles. The maximum absolute atomic E-state index is 5.45. The summed E-state index contributed by atoms with van der Waals surface area (Å²) in [5.74, 6) is 2.42. The molecule has 0 saturated carbocycles. The Morgan fingerprint density at radius 3 is 2.48 bits per heavy atom. The number of para-hydroxylation sites is 1. The van der Waals surface area contributed by atoms with Gasteiger partial charge in [0.1, 0.15) is 11.6 Å². The minimum Gasteiger partial charge on any atom is -0.496 e. The molecule has 7 heteroatoms. The van der Waals surface area contributed by atoms with Crippen molar-refractivity contribution in [2.24, 2.45) is 7.05 Å². The average Bonchev–Trinajstić information content (AvgIpc) is 3.13. The number of aromatic nitrogens is 4. The first-order chi connectivity index (χ1) is 14.7. The van der Waals surface area contributed by atoms with E-state index in [9.17, 15) is 0 Å². The van der Waals surface area contributed by atoms with Crippen molar-refractivity contribution in [3.63, 3.8) is 0 Å². The lowest BCUT2D eigenvalue weighted by molar-refractivity contribution is 0.409. The van der Waals surface area contributed by atoms with Crippen molar-refractivity contribution in [3.05, 3.63) is 47.7 Å². The van der Waals surface area contributed by atoms with Crippen LogP contribution >= 0.6 is 0 Å². The van der Waals surface area contributed by atoms with Gasteiger partial charge < -0.3 is 15.0 Å². The first kappa shape index (κ1) is 22.6. The van der Waals surface area contributed by atoms with Crippen LogP contribution < -0.4 is 15.0 Å². The van der Waals surface area contributed by atoms with E-state index < -0.39 is 0 Å². The third-order valence-electron chi connectivity index (χ3n) is 5.15. The third-order valence-corrected chi connectivity index (χ3v) is 5.15. The topological polar surface area (TPSA) is 68.1 Å². The van der Waals surface area contributed by atoms with Crippen molar-refractivity contribution in [2.75, 3.05) is 38.0 Å². The molecule has 31 heavy (non-hydrogen) atoms. The van der Waals surface area contributed by atoms with E-state index in [0.29, 0.717) is 5.95 Å². The number of hydrogen-bond acceptors (Lipinski definition) is 6. The maximum atomic E-state index is 5.45. The molecule has 3 rings (SSSR count). The van der Waals surface area contributed by atoms with Crippen LogP contribution in [0.1, 0.15) is 38.4 Å². The number of nitrogens with zero attached hydrogens (tertiary/aromatic N) is 5. The van der Waals surface area contributed by atoms with Gasteiger partial charge in [0.25, 0.3) is 0 Å². The van der Waals surface area contributed by atoms with Crippen LogP contribution in [0.2, 0.25) is 0 Å². The fraction of sp³-hybridized carbons (Fsp3) is 0.458. The number of ether oxygens (including phenoxy) is 1. The summed E-state index contributed by atoms with van der Waals surface area (Å²) in [6.45, 7) is 7.30. The molecule has 0 bridgehead atoms. The molecule has 0 saturated heterocycles. The van der Waals surface area contributed by atoms with Crippen molar-refractivity contribution in [1.82, 2.24) is 19.7 Å². The van der Waals surface area contributed by atoms with E-state index in [0.717, 1.165) is 48.0 Å². The maximum Gasteiger partial charge on any atom is 0.227 e. The molecule has 7 nitrogen and oxygen atoms in total. The molecular weight excluding hydrogens is 388 g/mol. The van der Waals surface area contributed by atoms with E-state index in [1.54, 1.807) is 7.11 Å². The van der Waals surface area contributed by atoms with Crippen LogP contribution in [0.25, 0.3) is 11.4 Å². The average molecular weight is 423 g/mol. The van der Waals surface area contributed by atoms with Gasteiger partial charge in [-0.1, -0.05) is 39.0 Å². The first-order valence-electron chi connectivity index (χ1n) is 10.7. The zero-order valence-corrected chi connectivity index (χ0v) is 19.7. The van der Waals surface area contributed by atoms with Gasteiger partial charge in [-0.25, -0.2) is 4.98 Å². The van der Waals surface area contributed by atoms with Crippen molar-refractivity contribution < 1.29 is 4.74 Å². The fourth-order valence-electron chi connectivity index (χ4n) is 3.33. The highest BCUT2D eigenvalue weighted by Gasteiger charge is 2.21. The fourth-order valence-corrected chi connectivity index (χ4v) is 3.33. The minimum absolute atomic E-state index is 0.0208. The Labute approximate surface area is 185 Å². The van der Waals surface area contributed by atoms with E-state index in [1.165, 1.54) is 5.56 Å². The summed E-state index contributed by atoms with van der Waals surface area (Å²) >= 11 is 0. The van der Waals surface area contributed by atoms with Crippen LogP contribution in [0.3, 0.4) is 0 Å². The van der Waals surface area contributed by atoms with E-state index in [1.807, 2.05) is 55.0 Å².